The molecule has 9 heteroatoms. The van der Waals surface area contributed by atoms with Gasteiger partial charge in [-0.3, -0.25) is 14.2 Å². The highest BCUT2D eigenvalue weighted by Crippen LogP contribution is 2.19. The van der Waals surface area contributed by atoms with E-state index in [0.717, 1.165) is 28.6 Å². The standard InChI is InChI=1S/C21H19N5O3S/c1-13-8-14(2)10-15(9-13)24-17(27)12-30-21-25-19-18(22-5-6-23-19)20(28)26(21)11-16-4-3-7-29-16/h3-10H,11-12H2,1-2H3,(H,24,27). The van der Waals surface area contributed by atoms with Gasteiger partial charge in [0.05, 0.1) is 18.6 Å². The Morgan fingerprint density at radius 2 is 1.93 bits per heavy atom. The van der Waals surface area contributed by atoms with Crippen molar-refractivity contribution < 1.29 is 9.21 Å². The fourth-order valence-corrected chi connectivity index (χ4v) is 3.90. The van der Waals surface area contributed by atoms with Crippen LogP contribution in [0.1, 0.15) is 16.9 Å². The highest BCUT2D eigenvalue weighted by molar-refractivity contribution is 7.99. The molecule has 4 rings (SSSR count). The number of hydrogen-bond acceptors (Lipinski definition) is 7. The first kappa shape index (κ1) is 19.8. The molecule has 0 saturated heterocycles. The zero-order valence-electron chi connectivity index (χ0n) is 16.5. The van der Waals surface area contributed by atoms with Crippen molar-refractivity contribution in [1.29, 1.82) is 0 Å². The second-order valence-corrected chi connectivity index (χ2v) is 7.75. The summed E-state index contributed by atoms with van der Waals surface area (Å²) in [5.41, 5.74) is 2.97. The molecule has 0 bridgehead atoms. The van der Waals surface area contributed by atoms with Crippen LogP contribution in [0.3, 0.4) is 0 Å². The fourth-order valence-electron chi connectivity index (χ4n) is 3.11. The van der Waals surface area contributed by atoms with Gasteiger partial charge in [0.15, 0.2) is 16.3 Å². The lowest BCUT2D eigenvalue weighted by atomic mass is 10.1. The van der Waals surface area contributed by atoms with Gasteiger partial charge in [-0.1, -0.05) is 17.8 Å². The number of carbonyl (C=O) groups excluding carboxylic acids is 1. The molecule has 0 radical (unpaired) electrons. The van der Waals surface area contributed by atoms with E-state index in [4.69, 9.17) is 4.42 Å². The Morgan fingerprint density at radius 3 is 2.67 bits per heavy atom. The summed E-state index contributed by atoms with van der Waals surface area (Å²) in [6.07, 6.45) is 4.47. The second-order valence-electron chi connectivity index (χ2n) is 6.81. The number of carbonyl (C=O) groups is 1. The molecule has 0 fully saturated rings. The van der Waals surface area contributed by atoms with E-state index >= 15 is 0 Å². The van der Waals surface area contributed by atoms with Crippen LogP contribution in [0, 0.1) is 13.8 Å². The normalized spacial score (nSPS) is 11.0. The van der Waals surface area contributed by atoms with E-state index in [9.17, 15) is 9.59 Å². The quantitative estimate of drug-likeness (QED) is 0.377. The van der Waals surface area contributed by atoms with Gasteiger partial charge in [0, 0.05) is 18.1 Å². The van der Waals surface area contributed by atoms with Gasteiger partial charge in [0.25, 0.3) is 5.56 Å². The minimum Gasteiger partial charge on any atom is -0.467 e. The Kier molecular flexibility index (Phi) is 5.62. The van der Waals surface area contributed by atoms with Crippen LogP contribution >= 0.6 is 11.8 Å². The Bertz CT molecular complexity index is 1250. The molecular weight excluding hydrogens is 402 g/mol. The van der Waals surface area contributed by atoms with Gasteiger partial charge in [0.1, 0.15) is 5.76 Å². The molecule has 0 aliphatic heterocycles. The first-order chi connectivity index (χ1) is 14.5. The fraction of sp³-hybridized carbons (Fsp3) is 0.190. The average Bonchev–Trinajstić information content (AvgIpc) is 3.21. The van der Waals surface area contributed by atoms with E-state index < -0.39 is 0 Å². The molecule has 0 atom stereocenters. The van der Waals surface area contributed by atoms with Crippen LogP contribution in [0.15, 0.2) is 63.4 Å². The minimum absolute atomic E-state index is 0.0867. The van der Waals surface area contributed by atoms with Crippen LogP contribution in [0.2, 0.25) is 0 Å². The van der Waals surface area contributed by atoms with Gasteiger partial charge in [-0.2, -0.15) is 0 Å². The third-order valence-electron chi connectivity index (χ3n) is 4.29. The predicted octanol–water partition coefficient (Wildman–Crippen LogP) is 3.18. The van der Waals surface area contributed by atoms with Gasteiger partial charge in [-0.05, 0) is 49.2 Å². The van der Waals surface area contributed by atoms with Crippen molar-refractivity contribution in [2.75, 3.05) is 11.1 Å². The molecule has 0 aliphatic rings. The number of rotatable bonds is 6. The van der Waals surface area contributed by atoms with E-state index in [-0.39, 0.29) is 34.9 Å². The summed E-state index contributed by atoms with van der Waals surface area (Å²) in [6.45, 7) is 4.14. The molecule has 3 heterocycles. The summed E-state index contributed by atoms with van der Waals surface area (Å²) < 4.78 is 6.82. The molecule has 1 N–H and O–H groups in total. The van der Waals surface area contributed by atoms with E-state index in [2.05, 4.69) is 20.3 Å². The van der Waals surface area contributed by atoms with E-state index in [1.165, 1.54) is 17.0 Å². The molecule has 152 valence electrons. The smallest absolute Gasteiger partial charge is 0.282 e. The summed E-state index contributed by atoms with van der Waals surface area (Å²) in [7, 11) is 0. The lowest BCUT2D eigenvalue weighted by molar-refractivity contribution is -0.113. The van der Waals surface area contributed by atoms with Crippen molar-refractivity contribution in [2.45, 2.75) is 25.5 Å². The Morgan fingerprint density at radius 1 is 1.17 bits per heavy atom. The molecule has 0 aliphatic carbocycles. The molecule has 8 nitrogen and oxygen atoms in total. The third kappa shape index (κ3) is 4.41. The molecule has 1 amide bonds. The van der Waals surface area contributed by atoms with Crippen LogP contribution in [-0.2, 0) is 11.3 Å². The van der Waals surface area contributed by atoms with Crippen LogP contribution < -0.4 is 10.9 Å². The molecule has 4 aromatic rings. The van der Waals surface area contributed by atoms with Crippen molar-refractivity contribution >= 4 is 34.5 Å². The predicted molar refractivity (Wildman–Crippen MR) is 115 cm³/mol. The molecule has 30 heavy (non-hydrogen) atoms. The van der Waals surface area contributed by atoms with Gasteiger partial charge < -0.3 is 9.73 Å². The molecular formula is C21H19N5O3S. The summed E-state index contributed by atoms with van der Waals surface area (Å²) >= 11 is 1.16. The summed E-state index contributed by atoms with van der Waals surface area (Å²) in [5.74, 6) is 0.496. The molecule has 0 saturated carbocycles. The number of furan rings is 1. The first-order valence-electron chi connectivity index (χ1n) is 9.24. The van der Waals surface area contributed by atoms with Crippen LogP contribution in [0.25, 0.3) is 11.2 Å². The van der Waals surface area contributed by atoms with Gasteiger partial charge in [-0.15, -0.1) is 0 Å². The van der Waals surface area contributed by atoms with Gasteiger partial charge >= 0.3 is 0 Å². The topological polar surface area (TPSA) is 103 Å². The number of aromatic nitrogens is 4. The van der Waals surface area contributed by atoms with Crippen molar-refractivity contribution in [1.82, 2.24) is 19.5 Å². The van der Waals surface area contributed by atoms with Gasteiger partial charge in [0.2, 0.25) is 5.91 Å². The first-order valence-corrected chi connectivity index (χ1v) is 10.2. The minimum atomic E-state index is -0.332. The largest absolute Gasteiger partial charge is 0.467 e. The molecule has 1 aromatic carbocycles. The third-order valence-corrected chi connectivity index (χ3v) is 5.27. The Balaban J connectivity index is 1.59. The summed E-state index contributed by atoms with van der Waals surface area (Å²) in [6, 6.07) is 9.38. The lowest BCUT2D eigenvalue weighted by Gasteiger charge is -2.12. The number of benzene rings is 1. The number of amides is 1. The van der Waals surface area contributed by atoms with Crippen LogP contribution in [0.4, 0.5) is 5.69 Å². The molecule has 0 spiro atoms. The maximum atomic E-state index is 13.0. The second kappa shape index (κ2) is 8.50. The van der Waals surface area contributed by atoms with E-state index in [1.54, 1.807) is 18.4 Å². The van der Waals surface area contributed by atoms with Crippen LogP contribution in [-0.4, -0.2) is 31.2 Å². The Labute approximate surface area is 176 Å². The molecule has 3 aromatic heterocycles. The highest BCUT2D eigenvalue weighted by Gasteiger charge is 2.16. The van der Waals surface area contributed by atoms with Crippen molar-refractivity contribution in [3.63, 3.8) is 0 Å². The zero-order valence-corrected chi connectivity index (χ0v) is 17.3. The maximum Gasteiger partial charge on any atom is 0.282 e. The SMILES string of the molecule is Cc1cc(C)cc(NC(=O)CSc2nc3nccnc3c(=O)n2Cc2ccco2)c1. The zero-order chi connectivity index (χ0) is 21.1. The molecule has 0 unspecified atom stereocenters. The number of nitrogens with zero attached hydrogens (tertiary/aromatic N) is 4. The van der Waals surface area contributed by atoms with E-state index in [1.807, 2.05) is 32.0 Å². The van der Waals surface area contributed by atoms with Gasteiger partial charge in [-0.25, -0.2) is 15.0 Å². The number of anilines is 1. The van der Waals surface area contributed by atoms with Crippen molar-refractivity contribution in [3.8, 4) is 0 Å². The van der Waals surface area contributed by atoms with E-state index in [0.29, 0.717) is 10.9 Å². The average molecular weight is 421 g/mol. The number of hydrogen-bond donors (Lipinski definition) is 1. The van der Waals surface area contributed by atoms with Crippen molar-refractivity contribution in [3.05, 3.63) is 76.2 Å². The summed E-state index contributed by atoms with van der Waals surface area (Å²) in [5, 5.41) is 3.26. The van der Waals surface area contributed by atoms with Crippen LogP contribution in [0.5, 0.6) is 0 Å². The number of nitrogens with one attached hydrogen (secondary N) is 1. The van der Waals surface area contributed by atoms with Crippen molar-refractivity contribution in [2.24, 2.45) is 0 Å². The highest BCUT2D eigenvalue weighted by atomic mass is 32.2. The number of aryl methyl sites for hydroxylation is 2. The monoisotopic (exact) mass is 421 g/mol. The number of fused-ring (bicyclic) bond motifs is 1. The lowest BCUT2D eigenvalue weighted by Crippen LogP contribution is -2.25. The maximum absolute atomic E-state index is 13.0. The summed E-state index contributed by atoms with van der Waals surface area (Å²) in [4.78, 5) is 38.1. The Hall–Kier alpha value is -3.46. The number of thioether (sulfide) groups is 1.